The summed E-state index contributed by atoms with van der Waals surface area (Å²) in [6, 6.07) is 11.0. The summed E-state index contributed by atoms with van der Waals surface area (Å²) in [6.07, 6.45) is 1.63. The van der Waals surface area contributed by atoms with E-state index >= 15 is 0 Å². The Labute approximate surface area is 174 Å². The van der Waals surface area contributed by atoms with Gasteiger partial charge in [-0.15, -0.1) is 10.2 Å². The second-order valence-corrected chi connectivity index (χ2v) is 8.67. The molecule has 4 rings (SSSR count). The molecule has 0 amide bonds. The van der Waals surface area contributed by atoms with Gasteiger partial charge in [-0.25, -0.2) is 4.79 Å². The molecule has 1 aromatic carbocycles. The maximum absolute atomic E-state index is 12.0. The van der Waals surface area contributed by atoms with E-state index in [1.54, 1.807) is 30.2 Å². The fourth-order valence-electron chi connectivity index (χ4n) is 2.98. The summed E-state index contributed by atoms with van der Waals surface area (Å²) in [5.74, 6) is 2.40. The quantitative estimate of drug-likeness (QED) is 0.285. The van der Waals surface area contributed by atoms with Crippen LogP contribution in [0.15, 0.2) is 65.9 Å². The van der Waals surface area contributed by atoms with Gasteiger partial charge in [-0.1, -0.05) is 41.5 Å². The molecule has 0 atom stereocenters. The molecule has 0 unspecified atom stereocenters. The molecule has 6 nitrogen and oxygen atoms in total. The average molecular weight is 460 g/mol. The maximum Gasteiger partial charge on any atom is 0.336 e. The molecule has 0 bridgehead atoms. The second-order valence-electron chi connectivity index (χ2n) is 6.81. The van der Waals surface area contributed by atoms with Gasteiger partial charge in [-0.05, 0) is 41.8 Å². The van der Waals surface area contributed by atoms with Gasteiger partial charge in [0.2, 0.25) is 0 Å². The Balaban J connectivity index is 1.67. The van der Waals surface area contributed by atoms with Crippen molar-refractivity contribution in [2.45, 2.75) is 31.3 Å². The third kappa shape index (κ3) is 3.93. The van der Waals surface area contributed by atoms with Crippen molar-refractivity contribution in [1.29, 1.82) is 0 Å². The number of aromatic nitrogens is 3. The highest BCUT2D eigenvalue weighted by Gasteiger charge is 2.18. The van der Waals surface area contributed by atoms with Crippen LogP contribution < -0.4 is 5.63 Å². The number of benzene rings is 1. The standard InChI is InChI=1S/C20H18BrN3O3S/c1-12(2)10-24-19(16-4-3-7-26-16)22-23-20(24)28-11-13-8-18(25)27-17-9-14(21)5-6-15(13)17/h3-9,12H,10-11H2,1-2H3. The number of thioether (sulfide) groups is 1. The molecule has 0 aliphatic carbocycles. The van der Waals surface area contributed by atoms with Crippen LogP contribution in [0.5, 0.6) is 0 Å². The molecule has 0 aliphatic heterocycles. The molecule has 144 valence electrons. The van der Waals surface area contributed by atoms with E-state index in [2.05, 4.69) is 44.5 Å². The molecular formula is C20H18BrN3O3S. The first kappa shape index (κ1) is 19.0. The van der Waals surface area contributed by atoms with Crippen LogP contribution in [-0.4, -0.2) is 14.8 Å². The van der Waals surface area contributed by atoms with Crippen molar-refractivity contribution in [3.8, 4) is 11.6 Å². The van der Waals surface area contributed by atoms with E-state index in [9.17, 15) is 4.79 Å². The number of halogens is 1. The third-order valence-corrected chi connectivity index (χ3v) is 5.66. The minimum Gasteiger partial charge on any atom is -0.461 e. The smallest absolute Gasteiger partial charge is 0.336 e. The Morgan fingerprint density at radius 2 is 2.07 bits per heavy atom. The Hall–Kier alpha value is -2.32. The maximum atomic E-state index is 12.0. The first-order valence-electron chi connectivity index (χ1n) is 8.83. The van der Waals surface area contributed by atoms with Gasteiger partial charge in [0, 0.05) is 28.2 Å². The number of furan rings is 1. The molecular weight excluding hydrogens is 442 g/mol. The van der Waals surface area contributed by atoms with E-state index in [1.165, 1.54) is 0 Å². The van der Waals surface area contributed by atoms with Crippen LogP contribution in [0.4, 0.5) is 0 Å². The van der Waals surface area contributed by atoms with Crippen molar-refractivity contribution in [3.05, 3.63) is 63.1 Å². The monoisotopic (exact) mass is 459 g/mol. The molecule has 28 heavy (non-hydrogen) atoms. The fraction of sp³-hybridized carbons (Fsp3) is 0.250. The van der Waals surface area contributed by atoms with Gasteiger partial charge < -0.3 is 8.83 Å². The van der Waals surface area contributed by atoms with Crippen molar-refractivity contribution >= 4 is 38.7 Å². The molecule has 0 saturated carbocycles. The predicted molar refractivity (Wildman–Crippen MR) is 112 cm³/mol. The van der Waals surface area contributed by atoms with Crippen LogP contribution in [0.1, 0.15) is 19.4 Å². The van der Waals surface area contributed by atoms with Gasteiger partial charge in [-0.2, -0.15) is 0 Å². The number of rotatable bonds is 6. The molecule has 0 saturated heterocycles. The van der Waals surface area contributed by atoms with Gasteiger partial charge in [0.25, 0.3) is 0 Å². The van der Waals surface area contributed by atoms with Crippen molar-refractivity contribution in [2.75, 3.05) is 0 Å². The van der Waals surface area contributed by atoms with Crippen LogP contribution in [-0.2, 0) is 12.3 Å². The molecule has 0 spiro atoms. The van der Waals surface area contributed by atoms with Crippen LogP contribution in [0.2, 0.25) is 0 Å². The molecule has 0 fully saturated rings. The zero-order chi connectivity index (χ0) is 19.7. The normalized spacial score (nSPS) is 11.6. The van der Waals surface area contributed by atoms with Crippen molar-refractivity contribution in [3.63, 3.8) is 0 Å². The topological polar surface area (TPSA) is 74.1 Å². The highest BCUT2D eigenvalue weighted by molar-refractivity contribution is 9.10. The van der Waals surface area contributed by atoms with Gasteiger partial charge in [-0.3, -0.25) is 4.57 Å². The number of fused-ring (bicyclic) bond motifs is 1. The molecule has 3 heterocycles. The summed E-state index contributed by atoms with van der Waals surface area (Å²) in [5.41, 5.74) is 1.11. The van der Waals surface area contributed by atoms with Crippen molar-refractivity contribution in [2.24, 2.45) is 5.92 Å². The molecule has 3 aromatic heterocycles. The summed E-state index contributed by atoms with van der Waals surface area (Å²) in [5, 5.41) is 10.4. The predicted octanol–water partition coefficient (Wildman–Crippen LogP) is 5.36. The van der Waals surface area contributed by atoms with E-state index < -0.39 is 0 Å². The zero-order valence-corrected chi connectivity index (χ0v) is 17.8. The third-order valence-electron chi connectivity index (χ3n) is 4.16. The van der Waals surface area contributed by atoms with E-state index in [1.807, 2.05) is 24.3 Å². The summed E-state index contributed by atoms with van der Waals surface area (Å²) in [7, 11) is 0. The summed E-state index contributed by atoms with van der Waals surface area (Å²) >= 11 is 4.96. The lowest BCUT2D eigenvalue weighted by Gasteiger charge is -2.11. The van der Waals surface area contributed by atoms with E-state index in [-0.39, 0.29) is 5.63 Å². The van der Waals surface area contributed by atoms with Crippen LogP contribution in [0.3, 0.4) is 0 Å². The molecule has 4 aromatic rings. The van der Waals surface area contributed by atoms with Gasteiger partial charge >= 0.3 is 5.63 Å². The van der Waals surface area contributed by atoms with Crippen molar-refractivity contribution in [1.82, 2.24) is 14.8 Å². The summed E-state index contributed by atoms with van der Waals surface area (Å²) in [4.78, 5) is 12.0. The minimum atomic E-state index is -0.360. The Morgan fingerprint density at radius 1 is 1.21 bits per heavy atom. The van der Waals surface area contributed by atoms with E-state index in [0.29, 0.717) is 28.8 Å². The molecule has 0 radical (unpaired) electrons. The lowest BCUT2D eigenvalue weighted by atomic mass is 10.1. The van der Waals surface area contributed by atoms with E-state index in [0.717, 1.165) is 27.1 Å². The second kappa shape index (κ2) is 7.97. The SMILES string of the molecule is CC(C)Cn1c(SCc2cc(=O)oc3cc(Br)ccc23)nnc1-c1ccco1. The van der Waals surface area contributed by atoms with Crippen LogP contribution >= 0.6 is 27.7 Å². The van der Waals surface area contributed by atoms with Crippen LogP contribution in [0.25, 0.3) is 22.6 Å². The first-order chi connectivity index (χ1) is 13.5. The fourth-order valence-corrected chi connectivity index (χ4v) is 4.26. The number of hydrogen-bond donors (Lipinski definition) is 0. The summed E-state index contributed by atoms with van der Waals surface area (Å²) < 4.78 is 13.8. The largest absolute Gasteiger partial charge is 0.461 e. The Bertz CT molecular complexity index is 1170. The van der Waals surface area contributed by atoms with Gasteiger partial charge in [0.1, 0.15) is 5.58 Å². The molecule has 8 heteroatoms. The molecule has 0 aliphatic rings. The minimum absolute atomic E-state index is 0.360. The lowest BCUT2D eigenvalue weighted by molar-refractivity contribution is 0.489. The molecule has 0 N–H and O–H groups in total. The zero-order valence-electron chi connectivity index (χ0n) is 15.4. The van der Waals surface area contributed by atoms with Gasteiger partial charge in [0.15, 0.2) is 16.7 Å². The lowest BCUT2D eigenvalue weighted by Crippen LogP contribution is -2.08. The highest BCUT2D eigenvalue weighted by atomic mass is 79.9. The van der Waals surface area contributed by atoms with Gasteiger partial charge in [0.05, 0.1) is 6.26 Å². The Morgan fingerprint density at radius 3 is 2.82 bits per heavy atom. The Kier molecular flexibility index (Phi) is 5.41. The first-order valence-corrected chi connectivity index (χ1v) is 10.6. The van der Waals surface area contributed by atoms with E-state index in [4.69, 9.17) is 8.83 Å². The average Bonchev–Trinajstić information content (AvgIpc) is 3.28. The van der Waals surface area contributed by atoms with Crippen LogP contribution in [0, 0.1) is 5.92 Å². The summed E-state index contributed by atoms with van der Waals surface area (Å²) in [6.45, 7) is 5.07. The number of hydrogen-bond acceptors (Lipinski definition) is 6. The van der Waals surface area contributed by atoms with Crippen molar-refractivity contribution < 1.29 is 8.83 Å². The number of nitrogens with zero attached hydrogens (tertiary/aromatic N) is 3. The highest BCUT2D eigenvalue weighted by Crippen LogP contribution is 2.30.